The van der Waals surface area contributed by atoms with E-state index in [9.17, 15) is 9.59 Å². The topological polar surface area (TPSA) is 70.2 Å². The third-order valence-electron chi connectivity index (χ3n) is 4.35. The molecule has 1 saturated carbocycles. The molecule has 1 saturated heterocycles. The second kappa shape index (κ2) is 8.25. The van der Waals surface area contributed by atoms with E-state index >= 15 is 0 Å². The first kappa shape index (κ1) is 15.3. The van der Waals surface area contributed by atoms with Crippen molar-refractivity contribution in [2.45, 2.75) is 57.4 Å². The highest BCUT2D eigenvalue weighted by Gasteiger charge is 2.18. The van der Waals surface area contributed by atoms with Crippen LogP contribution in [-0.2, 0) is 9.59 Å². The molecule has 3 N–H and O–H groups in total. The highest BCUT2D eigenvalue weighted by molar-refractivity contribution is 5.84. The van der Waals surface area contributed by atoms with Crippen molar-refractivity contribution in [3.05, 3.63) is 0 Å². The Kier molecular flexibility index (Phi) is 6.30. The van der Waals surface area contributed by atoms with Gasteiger partial charge in [-0.05, 0) is 38.1 Å². The van der Waals surface area contributed by atoms with Gasteiger partial charge in [0.25, 0.3) is 0 Å². The maximum atomic E-state index is 11.8. The van der Waals surface area contributed by atoms with Gasteiger partial charge in [0.1, 0.15) is 0 Å². The Bertz CT molecular complexity index is 321. The molecule has 0 aromatic rings. The Morgan fingerprint density at radius 3 is 2.45 bits per heavy atom. The smallest absolute Gasteiger partial charge is 0.239 e. The van der Waals surface area contributed by atoms with E-state index in [1.807, 2.05) is 0 Å². The van der Waals surface area contributed by atoms with Crippen LogP contribution in [0.1, 0.15) is 51.4 Å². The Balaban J connectivity index is 1.53. The van der Waals surface area contributed by atoms with Gasteiger partial charge in [-0.25, -0.2) is 0 Å². The standard InChI is InChI=1S/C15H27N3O2/c19-14(9-12-5-2-1-3-6-12)18-11-15(20)17-10-13-7-4-8-16-13/h12-13,16H,1-11H2,(H,17,20)(H,18,19). The molecule has 2 fully saturated rings. The van der Waals surface area contributed by atoms with Gasteiger partial charge in [-0.1, -0.05) is 19.3 Å². The summed E-state index contributed by atoms with van der Waals surface area (Å²) in [5.74, 6) is 0.455. The van der Waals surface area contributed by atoms with Crippen LogP contribution in [0, 0.1) is 5.92 Å². The van der Waals surface area contributed by atoms with Crippen LogP contribution >= 0.6 is 0 Å². The minimum Gasteiger partial charge on any atom is -0.353 e. The zero-order chi connectivity index (χ0) is 14.2. The molecule has 20 heavy (non-hydrogen) atoms. The van der Waals surface area contributed by atoms with Gasteiger partial charge < -0.3 is 16.0 Å². The molecular formula is C15H27N3O2. The molecule has 0 radical (unpaired) electrons. The van der Waals surface area contributed by atoms with Gasteiger partial charge in [-0.3, -0.25) is 9.59 Å². The number of nitrogens with one attached hydrogen (secondary N) is 3. The van der Waals surface area contributed by atoms with Crippen molar-refractivity contribution < 1.29 is 9.59 Å². The summed E-state index contributed by atoms with van der Waals surface area (Å²) in [5.41, 5.74) is 0. The average molecular weight is 281 g/mol. The van der Waals surface area contributed by atoms with Crippen molar-refractivity contribution in [1.82, 2.24) is 16.0 Å². The number of carbonyl (C=O) groups excluding carboxylic acids is 2. The highest BCUT2D eigenvalue weighted by Crippen LogP contribution is 2.25. The van der Waals surface area contributed by atoms with Crippen molar-refractivity contribution in [3.63, 3.8) is 0 Å². The maximum absolute atomic E-state index is 11.8. The molecule has 0 bridgehead atoms. The summed E-state index contributed by atoms with van der Waals surface area (Å²) in [6, 6.07) is 0.400. The Morgan fingerprint density at radius 1 is 0.950 bits per heavy atom. The van der Waals surface area contributed by atoms with E-state index in [1.54, 1.807) is 0 Å². The summed E-state index contributed by atoms with van der Waals surface area (Å²) in [5, 5.41) is 8.93. The molecule has 0 aromatic carbocycles. The molecule has 1 unspecified atom stereocenters. The van der Waals surface area contributed by atoms with Gasteiger partial charge >= 0.3 is 0 Å². The summed E-state index contributed by atoms with van der Waals surface area (Å²) in [7, 11) is 0. The van der Waals surface area contributed by atoms with E-state index in [-0.39, 0.29) is 18.4 Å². The molecule has 5 nitrogen and oxygen atoms in total. The highest BCUT2D eigenvalue weighted by atomic mass is 16.2. The Labute approximate surface area is 121 Å². The monoisotopic (exact) mass is 281 g/mol. The van der Waals surface area contributed by atoms with Crippen LogP contribution in [0.3, 0.4) is 0 Å². The number of amides is 2. The second-order valence-corrected chi connectivity index (χ2v) is 6.08. The normalized spacial score (nSPS) is 23.5. The zero-order valence-corrected chi connectivity index (χ0v) is 12.2. The van der Waals surface area contributed by atoms with Gasteiger partial charge in [-0.2, -0.15) is 0 Å². The summed E-state index contributed by atoms with van der Waals surface area (Å²) in [6.45, 7) is 1.81. The fraction of sp³-hybridized carbons (Fsp3) is 0.867. The largest absolute Gasteiger partial charge is 0.353 e. The molecule has 114 valence electrons. The fourth-order valence-electron chi connectivity index (χ4n) is 3.13. The average Bonchev–Trinajstić information content (AvgIpc) is 2.97. The molecule has 2 amide bonds. The minimum atomic E-state index is -0.0873. The minimum absolute atomic E-state index is 0.0195. The third kappa shape index (κ3) is 5.49. The number of rotatable bonds is 6. The first-order valence-corrected chi connectivity index (χ1v) is 8.01. The van der Waals surface area contributed by atoms with Gasteiger partial charge in [-0.15, -0.1) is 0 Å². The molecule has 1 aliphatic carbocycles. The number of carbonyl (C=O) groups is 2. The molecule has 5 heteroatoms. The molecule has 0 aromatic heterocycles. The Hall–Kier alpha value is -1.10. The van der Waals surface area contributed by atoms with E-state index in [1.165, 1.54) is 25.7 Å². The van der Waals surface area contributed by atoms with Crippen LogP contribution in [0.4, 0.5) is 0 Å². The summed E-state index contributed by atoms with van der Waals surface area (Å²) in [6.07, 6.45) is 8.99. The van der Waals surface area contributed by atoms with E-state index in [4.69, 9.17) is 0 Å². The second-order valence-electron chi connectivity index (χ2n) is 6.08. The maximum Gasteiger partial charge on any atom is 0.239 e. The lowest BCUT2D eigenvalue weighted by molar-refractivity contribution is -0.126. The number of hydrogen-bond acceptors (Lipinski definition) is 3. The summed E-state index contributed by atoms with van der Waals surface area (Å²) >= 11 is 0. The van der Waals surface area contributed by atoms with Crippen molar-refractivity contribution in [1.29, 1.82) is 0 Å². The quantitative estimate of drug-likeness (QED) is 0.678. The van der Waals surface area contributed by atoms with E-state index in [0.717, 1.165) is 25.8 Å². The van der Waals surface area contributed by atoms with Crippen LogP contribution in [0.5, 0.6) is 0 Å². The molecule has 2 rings (SSSR count). The van der Waals surface area contributed by atoms with Crippen LogP contribution in [-0.4, -0.2) is 37.5 Å². The van der Waals surface area contributed by atoms with Gasteiger partial charge in [0.05, 0.1) is 6.54 Å². The van der Waals surface area contributed by atoms with Crippen molar-refractivity contribution in [2.75, 3.05) is 19.6 Å². The lowest BCUT2D eigenvalue weighted by Crippen LogP contribution is -2.42. The first-order chi connectivity index (χ1) is 9.74. The van der Waals surface area contributed by atoms with Crippen LogP contribution in [0.15, 0.2) is 0 Å². The first-order valence-electron chi connectivity index (χ1n) is 8.01. The fourth-order valence-corrected chi connectivity index (χ4v) is 3.13. The van der Waals surface area contributed by atoms with Crippen LogP contribution in [0.25, 0.3) is 0 Å². The zero-order valence-electron chi connectivity index (χ0n) is 12.2. The lowest BCUT2D eigenvalue weighted by atomic mass is 9.87. The van der Waals surface area contributed by atoms with E-state index in [2.05, 4.69) is 16.0 Å². The van der Waals surface area contributed by atoms with E-state index in [0.29, 0.717) is 24.9 Å². The molecule has 1 aliphatic heterocycles. The van der Waals surface area contributed by atoms with Crippen LogP contribution in [0.2, 0.25) is 0 Å². The molecule has 1 heterocycles. The predicted octanol–water partition coefficient (Wildman–Crippen LogP) is 0.941. The number of hydrogen-bond donors (Lipinski definition) is 3. The van der Waals surface area contributed by atoms with Crippen molar-refractivity contribution >= 4 is 11.8 Å². The molecule has 1 atom stereocenters. The predicted molar refractivity (Wildman–Crippen MR) is 78.2 cm³/mol. The summed E-state index contributed by atoms with van der Waals surface area (Å²) < 4.78 is 0. The lowest BCUT2D eigenvalue weighted by Gasteiger charge is -2.20. The summed E-state index contributed by atoms with van der Waals surface area (Å²) in [4.78, 5) is 23.4. The van der Waals surface area contributed by atoms with Gasteiger partial charge in [0, 0.05) is 19.0 Å². The van der Waals surface area contributed by atoms with E-state index < -0.39 is 0 Å². The van der Waals surface area contributed by atoms with Crippen LogP contribution < -0.4 is 16.0 Å². The third-order valence-corrected chi connectivity index (χ3v) is 4.35. The Morgan fingerprint density at radius 2 is 1.75 bits per heavy atom. The van der Waals surface area contributed by atoms with Crippen molar-refractivity contribution in [3.8, 4) is 0 Å². The molecule has 0 spiro atoms. The van der Waals surface area contributed by atoms with Gasteiger partial charge in [0.2, 0.25) is 11.8 Å². The molecular weight excluding hydrogens is 254 g/mol. The molecule has 2 aliphatic rings. The van der Waals surface area contributed by atoms with Crippen molar-refractivity contribution in [2.24, 2.45) is 5.92 Å². The SMILES string of the molecule is O=C(CNC(=O)CC1CCCCC1)NCC1CCCN1. The van der Waals surface area contributed by atoms with Gasteiger partial charge in [0.15, 0.2) is 0 Å².